The third-order valence-electron chi connectivity index (χ3n) is 3.87. The Hall–Kier alpha value is -3.19. The van der Waals surface area contributed by atoms with E-state index in [9.17, 15) is 14.7 Å². The molecule has 0 aliphatic rings. The molecule has 26 heavy (non-hydrogen) atoms. The Morgan fingerprint density at radius 2 is 1.73 bits per heavy atom. The van der Waals surface area contributed by atoms with E-state index in [2.05, 4.69) is 15.6 Å². The Balaban J connectivity index is 1.73. The number of rotatable bonds is 4. The molecule has 7 heteroatoms. The summed E-state index contributed by atoms with van der Waals surface area (Å²) in [6, 6.07) is 12.1. The number of carbonyl (C=O) groups is 2. The smallest absolute Gasteiger partial charge is 0.267 e. The number of hydrogen-bond donors (Lipinski definition) is 3. The average Bonchev–Trinajstić information content (AvgIpc) is 3.11. The van der Waals surface area contributed by atoms with Crippen LogP contribution < -0.4 is 10.6 Å². The second kappa shape index (κ2) is 7.37. The lowest BCUT2D eigenvalue weighted by Gasteiger charge is -2.11. The largest absolute Gasteiger partial charge is 0.508 e. The van der Waals surface area contributed by atoms with Crippen LogP contribution in [0.15, 0.2) is 48.7 Å². The fraction of sp³-hybridized carbons (Fsp3) is 0.105. The maximum Gasteiger partial charge on any atom is 0.267 e. The predicted octanol–water partition coefficient (Wildman–Crippen LogP) is 3.97. The first-order chi connectivity index (χ1) is 12.5. The van der Waals surface area contributed by atoms with Crippen LogP contribution in [-0.2, 0) is 0 Å². The first-order valence-electron chi connectivity index (χ1n) is 7.88. The Bertz CT molecular complexity index is 967. The standard InChI is InChI=1S/C19H17N3O3S/c1-11-8-9-14(23)12(2)16(11)21-18(25)15-10-20-19(26-15)22-17(24)13-6-4-3-5-7-13/h3-10,23H,1-2H3,(H,21,25)(H,20,22,24). The van der Waals surface area contributed by atoms with Gasteiger partial charge in [-0.2, -0.15) is 0 Å². The average molecular weight is 367 g/mol. The highest BCUT2D eigenvalue weighted by Crippen LogP contribution is 2.29. The first kappa shape index (κ1) is 17.6. The highest BCUT2D eigenvalue weighted by atomic mass is 32.1. The molecule has 0 spiro atoms. The molecule has 0 saturated heterocycles. The molecule has 0 bridgehead atoms. The highest BCUT2D eigenvalue weighted by Gasteiger charge is 2.16. The summed E-state index contributed by atoms with van der Waals surface area (Å²) in [7, 11) is 0. The molecule has 3 rings (SSSR count). The van der Waals surface area contributed by atoms with Crippen molar-refractivity contribution in [2.24, 2.45) is 0 Å². The van der Waals surface area contributed by atoms with Crippen LogP contribution in [0.1, 0.15) is 31.2 Å². The summed E-state index contributed by atoms with van der Waals surface area (Å²) in [6.07, 6.45) is 1.41. The van der Waals surface area contributed by atoms with Crippen LogP contribution >= 0.6 is 11.3 Å². The van der Waals surface area contributed by atoms with Crippen molar-refractivity contribution in [2.75, 3.05) is 10.6 Å². The van der Waals surface area contributed by atoms with Crippen LogP contribution in [0.4, 0.5) is 10.8 Å². The van der Waals surface area contributed by atoms with Gasteiger partial charge in [0.15, 0.2) is 5.13 Å². The van der Waals surface area contributed by atoms with E-state index in [1.54, 1.807) is 43.3 Å². The van der Waals surface area contributed by atoms with E-state index in [1.807, 2.05) is 13.0 Å². The molecule has 2 aromatic carbocycles. The van der Waals surface area contributed by atoms with Crippen molar-refractivity contribution in [3.8, 4) is 5.75 Å². The molecular formula is C19H17N3O3S. The van der Waals surface area contributed by atoms with Gasteiger partial charge in [-0.15, -0.1) is 0 Å². The summed E-state index contributed by atoms with van der Waals surface area (Å²) in [5, 5.41) is 15.6. The van der Waals surface area contributed by atoms with Gasteiger partial charge in [-0.05, 0) is 37.6 Å². The number of aromatic hydroxyl groups is 1. The number of phenols is 1. The van der Waals surface area contributed by atoms with Gasteiger partial charge < -0.3 is 10.4 Å². The van der Waals surface area contributed by atoms with Crippen LogP contribution in [0, 0.1) is 13.8 Å². The molecule has 0 radical (unpaired) electrons. The SMILES string of the molecule is Cc1ccc(O)c(C)c1NC(=O)c1cnc(NC(=O)c2ccccc2)s1. The second-order valence-corrected chi connectivity index (χ2v) is 6.74. The second-order valence-electron chi connectivity index (χ2n) is 5.71. The number of phenolic OH excluding ortho intramolecular Hbond substituents is 1. The third-order valence-corrected chi connectivity index (χ3v) is 4.78. The molecule has 0 unspecified atom stereocenters. The minimum atomic E-state index is -0.348. The van der Waals surface area contributed by atoms with Gasteiger partial charge in [0.05, 0.1) is 11.9 Å². The Kier molecular flexibility index (Phi) is 4.99. The molecule has 132 valence electrons. The van der Waals surface area contributed by atoms with Gasteiger partial charge >= 0.3 is 0 Å². The zero-order valence-corrected chi connectivity index (χ0v) is 15.1. The lowest BCUT2D eigenvalue weighted by atomic mass is 10.1. The molecule has 2 amide bonds. The number of anilines is 2. The van der Waals surface area contributed by atoms with E-state index in [0.717, 1.165) is 16.9 Å². The number of nitrogens with one attached hydrogen (secondary N) is 2. The number of hydrogen-bond acceptors (Lipinski definition) is 5. The number of thiazole rings is 1. The third kappa shape index (κ3) is 3.73. The highest BCUT2D eigenvalue weighted by molar-refractivity contribution is 7.17. The van der Waals surface area contributed by atoms with Crippen molar-refractivity contribution in [3.05, 3.63) is 70.2 Å². The van der Waals surface area contributed by atoms with Crippen LogP contribution in [0.2, 0.25) is 0 Å². The summed E-state index contributed by atoms with van der Waals surface area (Å²) in [6.45, 7) is 3.58. The molecule has 0 aliphatic heterocycles. The van der Waals surface area contributed by atoms with Gasteiger partial charge in [0.2, 0.25) is 0 Å². The van der Waals surface area contributed by atoms with E-state index in [4.69, 9.17) is 0 Å². The van der Waals surface area contributed by atoms with Crippen molar-refractivity contribution in [2.45, 2.75) is 13.8 Å². The Morgan fingerprint density at radius 3 is 2.46 bits per heavy atom. The van der Waals surface area contributed by atoms with Crippen molar-refractivity contribution < 1.29 is 14.7 Å². The molecule has 3 N–H and O–H groups in total. The van der Waals surface area contributed by atoms with Crippen LogP contribution in [-0.4, -0.2) is 21.9 Å². The van der Waals surface area contributed by atoms with E-state index >= 15 is 0 Å². The van der Waals surface area contributed by atoms with Crippen molar-refractivity contribution in [3.63, 3.8) is 0 Å². The molecule has 0 aliphatic carbocycles. The normalized spacial score (nSPS) is 10.4. The lowest BCUT2D eigenvalue weighted by molar-refractivity contribution is 0.102. The number of amides is 2. The number of carbonyl (C=O) groups excluding carboxylic acids is 2. The molecule has 1 heterocycles. The summed E-state index contributed by atoms with van der Waals surface area (Å²) >= 11 is 1.08. The maximum absolute atomic E-state index is 12.5. The quantitative estimate of drug-likeness (QED) is 0.651. The van der Waals surface area contributed by atoms with Gasteiger partial charge in [-0.3, -0.25) is 14.9 Å². The van der Waals surface area contributed by atoms with Crippen molar-refractivity contribution in [1.29, 1.82) is 0 Å². The number of aryl methyl sites for hydroxylation is 1. The number of aromatic nitrogens is 1. The fourth-order valence-electron chi connectivity index (χ4n) is 2.40. The van der Waals surface area contributed by atoms with Crippen molar-refractivity contribution >= 4 is 34.0 Å². The van der Waals surface area contributed by atoms with Gasteiger partial charge in [0.1, 0.15) is 10.6 Å². The molecule has 0 saturated carbocycles. The zero-order valence-electron chi connectivity index (χ0n) is 14.2. The summed E-state index contributed by atoms with van der Waals surface area (Å²) < 4.78 is 0. The van der Waals surface area contributed by atoms with Gasteiger partial charge in [0.25, 0.3) is 11.8 Å². The van der Waals surface area contributed by atoms with Gasteiger partial charge in [0, 0.05) is 11.1 Å². The number of nitrogens with zero attached hydrogens (tertiary/aromatic N) is 1. The van der Waals surface area contributed by atoms with Gasteiger partial charge in [-0.1, -0.05) is 35.6 Å². The monoisotopic (exact) mass is 367 g/mol. The minimum Gasteiger partial charge on any atom is -0.508 e. The fourth-order valence-corrected chi connectivity index (χ4v) is 3.11. The van der Waals surface area contributed by atoms with Gasteiger partial charge in [-0.25, -0.2) is 4.98 Å². The minimum absolute atomic E-state index is 0.117. The molecule has 1 aromatic heterocycles. The Labute approximate surface area is 154 Å². The van der Waals surface area contributed by atoms with Crippen LogP contribution in [0.5, 0.6) is 5.75 Å². The van der Waals surface area contributed by atoms with Crippen LogP contribution in [0.3, 0.4) is 0 Å². The van der Waals surface area contributed by atoms with E-state index in [-0.39, 0.29) is 17.6 Å². The van der Waals surface area contributed by atoms with E-state index in [0.29, 0.717) is 26.8 Å². The summed E-state index contributed by atoms with van der Waals surface area (Å²) in [5.41, 5.74) is 2.52. The van der Waals surface area contributed by atoms with Crippen LogP contribution in [0.25, 0.3) is 0 Å². The van der Waals surface area contributed by atoms with Crippen molar-refractivity contribution in [1.82, 2.24) is 4.98 Å². The lowest BCUT2D eigenvalue weighted by Crippen LogP contribution is -2.12. The molecule has 3 aromatic rings. The topological polar surface area (TPSA) is 91.3 Å². The molecule has 6 nitrogen and oxygen atoms in total. The summed E-state index contributed by atoms with van der Waals surface area (Å²) in [5.74, 6) is -0.517. The Morgan fingerprint density at radius 1 is 1.00 bits per heavy atom. The predicted molar refractivity (Wildman–Crippen MR) is 102 cm³/mol. The maximum atomic E-state index is 12.5. The number of benzene rings is 2. The molecule has 0 fully saturated rings. The molecular weight excluding hydrogens is 350 g/mol. The first-order valence-corrected chi connectivity index (χ1v) is 8.70. The van der Waals surface area contributed by atoms with E-state index < -0.39 is 0 Å². The van der Waals surface area contributed by atoms with E-state index in [1.165, 1.54) is 6.20 Å². The molecule has 0 atom stereocenters. The zero-order chi connectivity index (χ0) is 18.7. The summed E-state index contributed by atoms with van der Waals surface area (Å²) in [4.78, 5) is 29.0.